The van der Waals surface area contributed by atoms with Crippen LogP contribution in [0.25, 0.3) is 0 Å². The Morgan fingerprint density at radius 1 is 1.43 bits per heavy atom. The number of alkyl halides is 1. The summed E-state index contributed by atoms with van der Waals surface area (Å²) in [6.07, 6.45) is 0. The number of benzene rings is 1. The Kier molecular flexibility index (Phi) is 2.67. The van der Waals surface area contributed by atoms with Crippen LogP contribution in [0.5, 0.6) is 0 Å². The van der Waals surface area contributed by atoms with E-state index in [4.69, 9.17) is 0 Å². The largest absolute Gasteiger partial charge is 0.287 e. The smallest absolute Gasteiger partial charge is 0.0412 e. The standard InChI is InChI=1S/C12H16BrN/c1-10(11-6-4-3-5-7-11)14-9-12(14,2)8-13/h3-7,10H,8-9H2,1-2H3/t10-,12+,14?/m0/s1. The molecule has 1 aromatic carbocycles. The van der Waals surface area contributed by atoms with E-state index in [2.05, 4.69) is 65.0 Å². The summed E-state index contributed by atoms with van der Waals surface area (Å²) in [5, 5.41) is 1.07. The maximum Gasteiger partial charge on any atom is 0.0412 e. The Morgan fingerprint density at radius 3 is 2.57 bits per heavy atom. The van der Waals surface area contributed by atoms with Gasteiger partial charge in [-0.25, -0.2) is 0 Å². The second-order valence-electron chi connectivity index (χ2n) is 4.35. The molecule has 1 fully saturated rings. The van der Waals surface area contributed by atoms with Crippen molar-refractivity contribution < 1.29 is 0 Å². The van der Waals surface area contributed by atoms with Crippen molar-refractivity contribution in [2.24, 2.45) is 0 Å². The van der Waals surface area contributed by atoms with Gasteiger partial charge in [-0.15, -0.1) is 0 Å². The van der Waals surface area contributed by atoms with E-state index in [9.17, 15) is 0 Å². The van der Waals surface area contributed by atoms with Crippen molar-refractivity contribution in [3.8, 4) is 0 Å². The van der Waals surface area contributed by atoms with Crippen LogP contribution >= 0.6 is 15.9 Å². The highest BCUT2D eigenvalue weighted by molar-refractivity contribution is 9.09. The summed E-state index contributed by atoms with van der Waals surface area (Å²) in [4.78, 5) is 2.52. The zero-order valence-corrected chi connectivity index (χ0v) is 10.3. The van der Waals surface area contributed by atoms with Crippen LogP contribution < -0.4 is 0 Å². The van der Waals surface area contributed by atoms with Crippen LogP contribution in [0.4, 0.5) is 0 Å². The van der Waals surface area contributed by atoms with Crippen molar-refractivity contribution in [3.05, 3.63) is 35.9 Å². The average molecular weight is 254 g/mol. The van der Waals surface area contributed by atoms with Gasteiger partial charge in [-0.05, 0) is 19.4 Å². The van der Waals surface area contributed by atoms with E-state index in [0.717, 1.165) is 5.33 Å². The summed E-state index contributed by atoms with van der Waals surface area (Å²) in [6.45, 7) is 5.79. The topological polar surface area (TPSA) is 3.01 Å². The fourth-order valence-corrected chi connectivity index (χ4v) is 2.47. The van der Waals surface area contributed by atoms with Gasteiger partial charge in [-0.3, -0.25) is 4.90 Å². The summed E-state index contributed by atoms with van der Waals surface area (Å²) in [6, 6.07) is 11.2. The molecule has 1 aliphatic heterocycles. The first-order valence-corrected chi connectivity index (χ1v) is 6.17. The van der Waals surface area contributed by atoms with Crippen molar-refractivity contribution in [1.82, 2.24) is 4.90 Å². The average Bonchev–Trinajstić information content (AvgIpc) is 2.92. The van der Waals surface area contributed by atoms with Crippen LogP contribution in [-0.2, 0) is 0 Å². The molecule has 3 atom stereocenters. The molecule has 0 saturated carbocycles. The van der Waals surface area contributed by atoms with E-state index in [1.165, 1.54) is 12.1 Å². The van der Waals surface area contributed by atoms with Gasteiger partial charge in [0.2, 0.25) is 0 Å². The first kappa shape index (κ1) is 10.2. The molecular weight excluding hydrogens is 238 g/mol. The van der Waals surface area contributed by atoms with Crippen LogP contribution in [0.15, 0.2) is 30.3 Å². The fourth-order valence-electron chi connectivity index (χ4n) is 1.97. The van der Waals surface area contributed by atoms with E-state index in [1.807, 2.05) is 0 Å². The maximum atomic E-state index is 3.57. The van der Waals surface area contributed by atoms with Gasteiger partial charge in [0.1, 0.15) is 0 Å². The zero-order chi connectivity index (χ0) is 10.2. The highest BCUT2D eigenvalue weighted by Gasteiger charge is 2.49. The third kappa shape index (κ3) is 1.73. The van der Waals surface area contributed by atoms with Crippen LogP contribution in [0, 0.1) is 0 Å². The van der Waals surface area contributed by atoms with E-state index < -0.39 is 0 Å². The lowest BCUT2D eigenvalue weighted by molar-refractivity contribution is 0.367. The first-order chi connectivity index (χ1) is 6.67. The summed E-state index contributed by atoms with van der Waals surface area (Å²) in [5.74, 6) is 0. The van der Waals surface area contributed by atoms with E-state index in [-0.39, 0.29) is 0 Å². The van der Waals surface area contributed by atoms with Crippen LogP contribution in [0.2, 0.25) is 0 Å². The number of halogens is 1. The van der Waals surface area contributed by atoms with Gasteiger partial charge in [-0.1, -0.05) is 46.3 Å². The van der Waals surface area contributed by atoms with Gasteiger partial charge in [0.15, 0.2) is 0 Å². The molecule has 0 spiro atoms. The van der Waals surface area contributed by atoms with Crippen molar-refractivity contribution in [2.75, 3.05) is 11.9 Å². The Bertz CT molecular complexity index is 311. The molecule has 0 bridgehead atoms. The summed E-state index contributed by atoms with van der Waals surface area (Å²) in [5.41, 5.74) is 1.80. The second-order valence-corrected chi connectivity index (χ2v) is 4.91. The molecule has 0 N–H and O–H groups in total. The quantitative estimate of drug-likeness (QED) is 0.591. The lowest BCUT2D eigenvalue weighted by Gasteiger charge is -2.17. The van der Waals surface area contributed by atoms with Gasteiger partial charge in [-0.2, -0.15) is 0 Å². The van der Waals surface area contributed by atoms with Gasteiger partial charge in [0, 0.05) is 23.5 Å². The van der Waals surface area contributed by atoms with Crippen molar-refractivity contribution >= 4 is 15.9 Å². The molecule has 2 rings (SSSR count). The Morgan fingerprint density at radius 2 is 2.07 bits per heavy atom. The molecule has 0 amide bonds. The summed E-state index contributed by atoms with van der Waals surface area (Å²) in [7, 11) is 0. The molecule has 0 radical (unpaired) electrons. The first-order valence-electron chi connectivity index (χ1n) is 5.05. The maximum absolute atomic E-state index is 3.57. The number of nitrogens with zero attached hydrogens (tertiary/aromatic N) is 1. The van der Waals surface area contributed by atoms with Gasteiger partial charge in [0.25, 0.3) is 0 Å². The van der Waals surface area contributed by atoms with E-state index in [0.29, 0.717) is 11.6 Å². The van der Waals surface area contributed by atoms with Crippen LogP contribution in [0.3, 0.4) is 0 Å². The molecule has 1 aliphatic rings. The highest BCUT2D eigenvalue weighted by atomic mass is 79.9. The Labute approximate surface area is 94.2 Å². The number of rotatable bonds is 3. The molecule has 1 nitrogen and oxygen atoms in total. The molecule has 1 aromatic rings. The predicted octanol–water partition coefficient (Wildman–Crippen LogP) is 3.22. The van der Waals surface area contributed by atoms with E-state index >= 15 is 0 Å². The van der Waals surface area contributed by atoms with Crippen molar-refractivity contribution in [3.63, 3.8) is 0 Å². The minimum Gasteiger partial charge on any atom is -0.287 e. The van der Waals surface area contributed by atoms with Gasteiger partial charge < -0.3 is 0 Å². The summed E-state index contributed by atoms with van der Waals surface area (Å²) >= 11 is 3.57. The SMILES string of the molecule is C[C@@H](c1ccccc1)N1C[C@@]1(C)CBr. The third-order valence-corrected chi connectivity index (χ3v) is 4.35. The summed E-state index contributed by atoms with van der Waals surface area (Å²) < 4.78 is 0. The molecular formula is C12H16BrN. The molecule has 0 aliphatic carbocycles. The Hall–Kier alpha value is -0.340. The third-order valence-electron chi connectivity index (χ3n) is 3.14. The zero-order valence-electron chi connectivity index (χ0n) is 8.70. The number of hydrogen-bond acceptors (Lipinski definition) is 1. The lowest BCUT2D eigenvalue weighted by Crippen LogP contribution is -2.18. The van der Waals surface area contributed by atoms with E-state index in [1.54, 1.807) is 0 Å². The minimum atomic E-state index is 0.384. The highest BCUT2D eigenvalue weighted by Crippen LogP contribution is 2.41. The van der Waals surface area contributed by atoms with Crippen molar-refractivity contribution in [2.45, 2.75) is 25.4 Å². The molecule has 0 aromatic heterocycles. The molecule has 1 saturated heterocycles. The second kappa shape index (κ2) is 3.67. The normalized spacial score (nSPS) is 32.6. The molecule has 14 heavy (non-hydrogen) atoms. The van der Waals surface area contributed by atoms with Crippen molar-refractivity contribution in [1.29, 1.82) is 0 Å². The lowest BCUT2D eigenvalue weighted by atomic mass is 10.1. The molecule has 1 unspecified atom stereocenters. The minimum absolute atomic E-state index is 0.384. The monoisotopic (exact) mass is 253 g/mol. The molecule has 76 valence electrons. The Balaban J connectivity index is 2.08. The predicted molar refractivity (Wildman–Crippen MR) is 63.8 cm³/mol. The van der Waals surface area contributed by atoms with Crippen LogP contribution in [0.1, 0.15) is 25.5 Å². The van der Waals surface area contributed by atoms with Crippen LogP contribution in [-0.4, -0.2) is 22.3 Å². The van der Waals surface area contributed by atoms with Gasteiger partial charge in [0.05, 0.1) is 0 Å². The molecule has 1 heterocycles. The fraction of sp³-hybridized carbons (Fsp3) is 0.500. The number of hydrogen-bond donors (Lipinski definition) is 0. The van der Waals surface area contributed by atoms with Gasteiger partial charge >= 0.3 is 0 Å². The molecule has 2 heteroatoms.